The van der Waals surface area contributed by atoms with Crippen LogP contribution >= 0.6 is 15.9 Å². The lowest BCUT2D eigenvalue weighted by Crippen LogP contribution is -1.93. The highest BCUT2D eigenvalue weighted by molar-refractivity contribution is 9.10. The number of anilines is 2. The molecular formula is C15H14BrF2N3. The van der Waals surface area contributed by atoms with Crippen molar-refractivity contribution in [2.45, 2.75) is 13.8 Å². The molecule has 0 atom stereocenters. The Hall–Kier alpha value is -2.13. The topological polar surface area (TPSA) is 75.8 Å². The molecule has 2 aromatic rings. The average molecular weight is 354 g/mol. The number of halogens is 3. The lowest BCUT2D eigenvalue weighted by atomic mass is 10.1. The molecule has 4 N–H and O–H groups in total. The fourth-order valence-electron chi connectivity index (χ4n) is 1.44. The van der Waals surface area contributed by atoms with E-state index in [0.29, 0.717) is 21.4 Å². The third-order valence-corrected chi connectivity index (χ3v) is 3.39. The Bertz CT molecular complexity index is 659. The Kier molecular flexibility index (Phi) is 5.68. The second kappa shape index (κ2) is 7.04. The fourth-order valence-corrected chi connectivity index (χ4v) is 1.80. The van der Waals surface area contributed by atoms with Gasteiger partial charge in [0.1, 0.15) is 17.7 Å². The van der Waals surface area contributed by atoms with Gasteiger partial charge in [0.15, 0.2) is 0 Å². The standard InChI is InChI=1S/C8H7FN2.C7H7BrFN/c1-5-2-7(9)6(4-10)3-8(5)11;1-4-2-6(9)5(8)3-7(4)10/h2-3H,11H2,1H3;2-3H,10H2,1H3. The van der Waals surface area contributed by atoms with Gasteiger partial charge in [0, 0.05) is 11.4 Å². The molecule has 0 fully saturated rings. The monoisotopic (exact) mass is 353 g/mol. The number of hydrogen-bond acceptors (Lipinski definition) is 3. The molecule has 3 nitrogen and oxygen atoms in total. The number of nitrogens with two attached hydrogens (primary N) is 2. The van der Waals surface area contributed by atoms with Crippen LogP contribution in [0.1, 0.15) is 16.7 Å². The van der Waals surface area contributed by atoms with Crippen LogP contribution in [0.3, 0.4) is 0 Å². The third kappa shape index (κ3) is 4.43. The van der Waals surface area contributed by atoms with Crippen molar-refractivity contribution in [1.82, 2.24) is 0 Å². The van der Waals surface area contributed by atoms with Gasteiger partial charge >= 0.3 is 0 Å². The van der Waals surface area contributed by atoms with Crippen LogP contribution in [0.25, 0.3) is 0 Å². The molecule has 0 aliphatic carbocycles. The van der Waals surface area contributed by atoms with E-state index in [9.17, 15) is 8.78 Å². The van der Waals surface area contributed by atoms with Crippen LogP contribution in [0.4, 0.5) is 20.2 Å². The molecule has 21 heavy (non-hydrogen) atoms. The summed E-state index contributed by atoms with van der Waals surface area (Å²) in [6.45, 7) is 3.46. The van der Waals surface area contributed by atoms with Gasteiger partial charge in [0.25, 0.3) is 0 Å². The quantitative estimate of drug-likeness (QED) is 0.701. The summed E-state index contributed by atoms with van der Waals surface area (Å²) >= 11 is 3.03. The SMILES string of the molecule is Cc1cc(F)c(Br)cc1N.Cc1cc(F)c(C#N)cc1N. The largest absolute Gasteiger partial charge is 0.398 e. The molecule has 6 heteroatoms. The summed E-state index contributed by atoms with van der Waals surface area (Å²) in [7, 11) is 0. The molecule has 2 rings (SSSR count). The van der Waals surface area contributed by atoms with E-state index >= 15 is 0 Å². The van der Waals surface area contributed by atoms with Gasteiger partial charge in [0.2, 0.25) is 0 Å². The summed E-state index contributed by atoms with van der Waals surface area (Å²) in [5, 5.41) is 8.39. The predicted molar refractivity (Wildman–Crippen MR) is 83.5 cm³/mol. The van der Waals surface area contributed by atoms with Gasteiger partial charge in [-0.25, -0.2) is 8.78 Å². The highest BCUT2D eigenvalue weighted by Gasteiger charge is 2.03. The molecule has 0 bridgehead atoms. The molecule has 0 saturated carbocycles. The van der Waals surface area contributed by atoms with E-state index in [1.165, 1.54) is 18.2 Å². The Labute approximate surface area is 130 Å². The van der Waals surface area contributed by atoms with E-state index in [0.717, 1.165) is 5.56 Å². The zero-order valence-electron chi connectivity index (χ0n) is 11.5. The number of nitriles is 1. The lowest BCUT2D eigenvalue weighted by Gasteiger charge is -2.00. The molecule has 0 aliphatic rings. The van der Waals surface area contributed by atoms with E-state index in [2.05, 4.69) is 15.9 Å². The van der Waals surface area contributed by atoms with Gasteiger partial charge in [-0.2, -0.15) is 5.26 Å². The molecule has 0 radical (unpaired) electrons. The zero-order valence-corrected chi connectivity index (χ0v) is 13.1. The van der Waals surface area contributed by atoms with Gasteiger partial charge in [-0.15, -0.1) is 0 Å². The number of benzene rings is 2. The highest BCUT2D eigenvalue weighted by atomic mass is 79.9. The van der Waals surface area contributed by atoms with Crippen LogP contribution in [0.15, 0.2) is 28.7 Å². The van der Waals surface area contributed by atoms with Crippen LogP contribution in [-0.2, 0) is 0 Å². The minimum atomic E-state index is -0.515. The first kappa shape index (κ1) is 16.9. The molecule has 110 valence electrons. The van der Waals surface area contributed by atoms with E-state index in [1.54, 1.807) is 26.0 Å². The van der Waals surface area contributed by atoms with Gasteiger partial charge in [-0.1, -0.05) is 0 Å². The van der Waals surface area contributed by atoms with Crippen molar-refractivity contribution in [3.63, 3.8) is 0 Å². The predicted octanol–water partition coefficient (Wildman–Crippen LogP) is 4.07. The van der Waals surface area contributed by atoms with Crippen LogP contribution in [0.5, 0.6) is 0 Å². The summed E-state index contributed by atoms with van der Waals surface area (Å²) in [4.78, 5) is 0. The maximum absolute atomic E-state index is 12.8. The Morgan fingerprint density at radius 3 is 1.90 bits per heavy atom. The summed E-state index contributed by atoms with van der Waals surface area (Å²) < 4.78 is 25.8. The second-order valence-electron chi connectivity index (χ2n) is 4.42. The maximum Gasteiger partial charge on any atom is 0.141 e. The molecule has 0 saturated heterocycles. The van der Waals surface area contributed by atoms with Crippen LogP contribution in [0.2, 0.25) is 0 Å². The number of nitrogens with zero attached hydrogens (tertiary/aromatic N) is 1. The van der Waals surface area contributed by atoms with E-state index < -0.39 is 5.82 Å². The van der Waals surface area contributed by atoms with Crippen molar-refractivity contribution in [2.75, 3.05) is 11.5 Å². The van der Waals surface area contributed by atoms with Crippen LogP contribution in [0, 0.1) is 36.8 Å². The molecule has 0 unspecified atom stereocenters. The molecular weight excluding hydrogens is 340 g/mol. The number of nitrogen functional groups attached to an aromatic ring is 2. The van der Waals surface area contributed by atoms with E-state index in [1.807, 2.05) is 0 Å². The van der Waals surface area contributed by atoms with Gasteiger partial charge < -0.3 is 11.5 Å². The summed E-state index contributed by atoms with van der Waals surface area (Å²) in [6, 6.07) is 7.27. The van der Waals surface area contributed by atoms with Crippen molar-refractivity contribution in [2.24, 2.45) is 0 Å². The lowest BCUT2D eigenvalue weighted by molar-refractivity contribution is 0.620. The zero-order chi connectivity index (χ0) is 16.2. The van der Waals surface area contributed by atoms with Crippen molar-refractivity contribution < 1.29 is 8.78 Å². The summed E-state index contributed by atoms with van der Waals surface area (Å²) in [5.41, 5.74) is 13.4. The molecule has 0 aliphatic heterocycles. The molecule has 0 spiro atoms. The van der Waals surface area contributed by atoms with E-state index in [4.69, 9.17) is 16.7 Å². The second-order valence-corrected chi connectivity index (χ2v) is 5.28. The first-order chi connectivity index (χ1) is 9.76. The Morgan fingerprint density at radius 1 is 0.952 bits per heavy atom. The minimum absolute atomic E-state index is 0.00639. The van der Waals surface area contributed by atoms with Crippen molar-refractivity contribution >= 4 is 27.3 Å². The van der Waals surface area contributed by atoms with Crippen LogP contribution < -0.4 is 11.5 Å². The number of rotatable bonds is 0. The van der Waals surface area contributed by atoms with Crippen molar-refractivity contribution in [3.05, 3.63) is 57.1 Å². The molecule has 2 aromatic carbocycles. The Balaban J connectivity index is 0.000000211. The molecule has 0 amide bonds. The minimum Gasteiger partial charge on any atom is -0.398 e. The van der Waals surface area contributed by atoms with Crippen molar-refractivity contribution in [3.8, 4) is 6.07 Å². The number of hydrogen-bond donors (Lipinski definition) is 2. The molecule has 0 heterocycles. The average Bonchev–Trinajstić information content (AvgIpc) is 2.41. The smallest absolute Gasteiger partial charge is 0.141 e. The normalized spacial score (nSPS) is 9.52. The molecule has 0 aromatic heterocycles. The fraction of sp³-hybridized carbons (Fsp3) is 0.133. The number of aryl methyl sites for hydroxylation is 2. The van der Waals surface area contributed by atoms with Gasteiger partial charge in [-0.3, -0.25) is 0 Å². The van der Waals surface area contributed by atoms with Gasteiger partial charge in [0.05, 0.1) is 10.0 Å². The first-order valence-electron chi connectivity index (χ1n) is 5.93. The summed E-state index contributed by atoms with van der Waals surface area (Å²) in [6.07, 6.45) is 0. The van der Waals surface area contributed by atoms with Gasteiger partial charge in [-0.05, 0) is 65.2 Å². The van der Waals surface area contributed by atoms with Crippen molar-refractivity contribution in [1.29, 1.82) is 5.26 Å². The third-order valence-electron chi connectivity index (χ3n) is 2.79. The van der Waals surface area contributed by atoms with Crippen LogP contribution in [-0.4, -0.2) is 0 Å². The Morgan fingerprint density at radius 2 is 1.43 bits per heavy atom. The highest BCUT2D eigenvalue weighted by Crippen LogP contribution is 2.21. The summed E-state index contributed by atoms with van der Waals surface area (Å²) in [5.74, 6) is -0.786. The van der Waals surface area contributed by atoms with E-state index in [-0.39, 0.29) is 11.4 Å². The first-order valence-corrected chi connectivity index (χ1v) is 6.72. The maximum atomic E-state index is 12.8.